The first-order valence-corrected chi connectivity index (χ1v) is 6.19. The Morgan fingerprint density at radius 3 is 2.78 bits per heavy atom. The predicted octanol–water partition coefficient (Wildman–Crippen LogP) is 2.97. The summed E-state index contributed by atoms with van der Waals surface area (Å²) in [6, 6.07) is 7.75. The molecule has 18 heavy (non-hydrogen) atoms. The van der Waals surface area contributed by atoms with E-state index in [1.54, 1.807) is 6.20 Å². The summed E-state index contributed by atoms with van der Waals surface area (Å²) < 4.78 is 11.7. The number of rotatable bonds is 1. The minimum absolute atomic E-state index is 0.472. The number of hydrogen-bond donors (Lipinski definition) is 1. The molecule has 4 nitrogen and oxygen atoms in total. The summed E-state index contributed by atoms with van der Waals surface area (Å²) in [5.74, 6) is 1.57. The molecular weight excluding hydrogens is 248 g/mol. The topological polar surface area (TPSA) is 47.1 Å². The fourth-order valence-electron chi connectivity index (χ4n) is 1.87. The van der Waals surface area contributed by atoms with Gasteiger partial charge in [0, 0.05) is 23.9 Å². The second kappa shape index (κ2) is 4.78. The molecule has 1 aliphatic rings. The van der Waals surface area contributed by atoms with Crippen LogP contribution in [0.15, 0.2) is 30.5 Å². The molecule has 1 aromatic heterocycles. The third-order valence-corrected chi connectivity index (χ3v) is 2.94. The lowest BCUT2D eigenvalue weighted by Crippen LogP contribution is -1.97. The molecule has 0 unspecified atom stereocenters. The van der Waals surface area contributed by atoms with Gasteiger partial charge < -0.3 is 14.5 Å². The highest BCUT2D eigenvalue weighted by molar-refractivity contribution is 7.71. The zero-order valence-corrected chi connectivity index (χ0v) is 10.5. The van der Waals surface area contributed by atoms with Crippen molar-refractivity contribution in [1.82, 2.24) is 9.97 Å². The molecular formula is C13H12N2O2S. The quantitative estimate of drug-likeness (QED) is 0.801. The summed E-state index contributed by atoms with van der Waals surface area (Å²) in [6.45, 7) is 1.38. The van der Waals surface area contributed by atoms with Crippen molar-refractivity contribution in [3.63, 3.8) is 0 Å². The van der Waals surface area contributed by atoms with Crippen molar-refractivity contribution in [3.05, 3.63) is 35.2 Å². The first kappa shape index (κ1) is 11.2. The molecule has 0 saturated heterocycles. The Labute approximate surface area is 110 Å². The van der Waals surface area contributed by atoms with Crippen LogP contribution in [0.4, 0.5) is 0 Å². The molecule has 0 spiro atoms. The number of fused-ring (bicyclic) bond motifs is 1. The molecule has 3 rings (SSSR count). The van der Waals surface area contributed by atoms with Crippen molar-refractivity contribution in [2.24, 2.45) is 0 Å². The van der Waals surface area contributed by atoms with Crippen LogP contribution in [0.25, 0.3) is 11.3 Å². The van der Waals surface area contributed by atoms with Gasteiger partial charge >= 0.3 is 0 Å². The predicted molar refractivity (Wildman–Crippen MR) is 70.5 cm³/mol. The first-order chi connectivity index (χ1) is 8.83. The van der Waals surface area contributed by atoms with Crippen molar-refractivity contribution in [2.75, 3.05) is 13.2 Å². The largest absolute Gasteiger partial charge is 0.490 e. The van der Waals surface area contributed by atoms with Crippen LogP contribution in [0.5, 0.6) is 11.5 Å². The van der Waals surface area contributed by atoms with Gasteiger partial charge in [-0.15, -0.1) is 0 Å². The van der Waals surface area contributed by atoms with Crippen LogP contribution in [0.2, 0.25) is 0 Å². The minimum Gasteiger partial charge on any atom is -0.490 e. The van der Waals surface area contributed by atoms with Gasteiger partial charge in [-0.25, -0.2) is 4.98 Å². The summed E-state index contributed by atoms with van der Waals surface area (Å²) in [5.41, 5.74) is 1.93. The number of nitrogens with zero attached hydrogens (tertiary/aromatic N) is 1. The maximum Gasteiger partial charge on any atom is 0.197 e. The third kappa shape index (κ3) is 2.22. The minimum atomic E-state index is 0.472. The van der Waals surface area contributed by atoms with E-state index in [2.05, 4.69) is 9.97 Å². The summed E-state index contributed by atoms with van der Waals surface area (Å²) in [5, 5.41) is 0. The maximum absolute atomic E-state index is 5.66. The second-order valence-electron chi connectivity index (χ2n) is 4.00. The Kier molecular flexibility index (Phi) is 2.98. The summed E-state index contributed by atoms with van der Waals surface area (Å²) >= 11 is 5.02. The fourth-order valence-corrected chi connectivity index (χ4v) is 2.04. The number of aromatic nitrogens is 2. The zero-order chi connectivity index (χ0) is 12.4. The van der Waals surface area contributed by atoms with E-state index in [0.29, 0.717) is 18.0 Å². The molecule has 92 valence electrons. The van der Waals surface area contributed by atoms with Crippen molar-refractivity contribution < 1.29 is 9.47 Å². The highest BCUT2D eigenvalue weighted by Gasteiger charge is 2.11. The lowest BCUT2D eigenvalue weighted by atomic mass is 10.1. The van der Waals surface area contributed by atoms with Crippen LogP contribution in [-0.4, -0.2) is 23.2 Å². The molecule has 2 aromatic rings. The lowest BCUT2D eigenvalue weighted by molar-refractivity contribution is 0.297. The van der Waals surface area contributed by atoms with Gasteiger partial charge in [0.25, 0.3) is 0 Å². The molecule has 1 aliphatic heterocycles. The average Bonchev–Trinajstić information content (AvgIpc) is 2.63. The van der Waals surface area contributed by atoms with Crippen LogP contribution in [0, 0.1) is 4.77 Å². The van der Waals surface area contributed by atoms with Gasteiger partial charge in [-0.2, -0.15) is 0 Å². The Morgan fingerprint density at radius 2 is 1.94 bits per heavy atom. The van der Waals surface area contributed by atoms with Crippen LogP contribution >= 0.6 is 12.2 Å². The number of benzene rings is 1. The Bertz CT molecular complexity index is 624. The van der Waals surface area contributed by atoms with E-state index in [1.807, 2.05) is 24.3 Å². The number of hydrogen-bond acceptors (Lipinski definition) is 4. The summed E-state index contributed by atoms with van der Waals surface area (Å²) in [4.78, 5) is 7.02. The molecule has 5 heteroatoms. The van der Waals surface area contributed by atoms with Crippen molar-refractivity contribution in [1.29, 1.82) is 0 Å². The van der Waals surface area contributed by atoms with Gasteiger partial charge in [0.1, 0.15) is 0 Å². The van der Waals surface area contributed by atoms with E-state index in [9.17, 15) is 0 Å². The normalized spacial score (nSPS) is 14.0. The van der Waals surface area contributed by atoms with Crippen LogP contribution in [0.3, 0.4) is 0 Å². The maximum atomic E-state index is 5.66. The molecule has 2 heterocycles. The van der Waals surface area contributed by atoms with E-state index >= 15 is 0 Å². The van der Waals surface area contributed by atoms with E-state index in [4.69, 9.17) is 21.7 Å². The molecule has 0 atom stereocenters. The van der Waals surface area contributed by atoms with E-state index < -0.39 is 0 Å². The molecule has 0 aliphatic carbocycles. The summed E-state index contributed by atoms with van der Waals surface area (Å²) in [7, 11) is 0. The number of aromatic amines is 1. The Morgan fingerprint density at radius 1 is 1.11 bits per heavy atom. The highest BCUT2D eigenvalue weighted by atomic mass is 32.1. The van der Waals surface area contributed by atoms with Gasteiger partial charge in [0.05, 0.1) is 13.2 Å². The molecule has 0 saturated carbocycles. The van der Waals surface area contributed by atoms with Crippen molar-refractivity contribution in [2.45, 2.75) is 6.42 Å². The summed E-state index contributed by atoms with van der Waals surface area (Å²) in [6.07, 6.45) is 2.60. The number of ether oxygens (including phenoxy) is 2. The standard InChI is InChI=1S/C13H12N2O2S/c18-13-14-5-4-10(15-13)9-2-3-11-12(8-9)17-7-1-6-16-11/h2-5,8H,1,6-7H2,(H,14,15,18). The SMILES string of the molecule is S=c1nccc(-c2ccc3c(c2)OCCCO3)[nH]1. The van der Waals surface area contributed by atoms with Gasteiger partial charge in [-0.3, -0.25) is 0 Å². The smallest absolute Gasteiger partial charge is 0.197 e. The Hall–Kier alpha value is -1.88. The third-order valence-electron chi connectivity index (χ3n) is 2.73. The van der Waals surface area contributed by atoms with Crippen molar-refractivity contribution in [3.8, 4) is 22.8 Å². The Balaban J connectivity index is 2.04. The van der Waals surface area contributed by atoms with Crippen LogP contribution in [-0.2, 0) is 0 Å². The molecule has 0 amide bonds. The molecule has 0 bridgehead atoms. The van der Waals surface area contributed by atoms with E-state index in [-0.39, 0.29) is 0 Å². The van der Waals surface area contributed by atoms with Crippen molar-refractivity contribution >= 4 is 12.2 Å². The van der Waals surface area contributed by atoms with Crippen LogP contribution < -0.4 is 9.47 Å². The first-order valence-electron chi connectivity index (χ1n) is 5.78. The van der Waals surface area contributed by atoms with Gasteiger partial charge in [0.15, 0.2) is 16.3 Å². The molecule has 1 aromatic carbocycles. The van der Waals surface area contributed by atoms with Crippen LogP contribution in [0.1, 0.15) is 6.42 Å². The fraction of sp³-hybridized carbons (Fsp3) is 0.231. The number of H-pyrrole nitrogens is 1. The van der Waals surface area contributed by atoms with Gasteiger partial charge in [-0.1, -0.05) is 0 Å². The van der Waals surface area contributed by atoms with Gasteiger partial charge in [0.2, 0.25) is 0 Å². The molecule has 1 N–H and O–H groups in total. The monoisotopic (exact) mass is 260 g/mol. The highest BCUT2D eigenvalue weighted by Crippen LogP contribution is 2.33. The van der Waals surface area contributed by atoms with E-state index in [0.717, 1.165) is 29.2 Å². The van der Waals surface area contributed by atoms with Gasteiger partial charge in [-0.05, 0) is 36.5 Å². The zero-order valence-electron chi connectivity index (χ0n) is 9.68. The van der Waals surface area contributed by atoms with E-state index in [1.165, 1.54) is 0 Å². The molecule has 0 radical (unpaired) electrons. The lowest BCUT2D eigenvalue weighted by Gasteiger charge is -2.09. The second-order valence-corrected chi connectivity index (χ2v) is 4.39. The average molecular weight is 260 g/mol. The molecule has 0 fully saturated rings. The number of nitrogens with one attached hydrogen (secondary N) is 1.